The lowest BCUT2D eigenvalue weighted by Gasteiger charge is -2.08. The van der Waals surface area contributed by atoms with Crippen molar-refractivity contribution < 1.29 is 9.53 Å². The molecule has 6 nitrogen and oxygen atoms in total. The normalized spacial score (nSPS) is 10.9. The van der Waals surface area contributed by atoms with Crippen LogP contribution in [0.1, 0.15) is 10.4 Å². The van der Waals surface area contributed by atoms with Gasteiger partial charge in [0, 0.05) is 18.3 Å². The van der Waals surface area contributed by atoms with Crippen LogP contribution in [0.5, 0.6) is 5.75 Å². The molecule has 23 heavy (non-hydrogen) atoms. The summed E-state index contributed by atoms with van der Waals surface area (Å²) in [5.41, 5.74) is 7.82. The van der Waals surface area contributed by atoms with Gasteiger partial charge in [0.05, 0.1) is 24.6 Å². The van der Waals surface area contributed by atoms with Crippen molar-refractivity contribution in [2.24, 2.45) is 7.05 Å². The second-order valence-electron chi connectivity index (χ2n) is 5.31. The lowest BCUT2D eigenvalue weighted by molar-refractivity contribution is 0.0913. The summed E-state index contributed by atoms with van der Waals surface area (Å²) in [6, 6.07) is 12.3. The Hall–Kier alpha value is -3.02. The third-order valence-electron chi connectivity index (χ3n) is 3.86. The molecular weight excluding hydrogens is 294 g/mol. The smallest absolute Gasteiger partial charge is 0.335 e. The van der Waals surface area contributed by atoms with Gasteiger partial charge in [-0.1, -0.05) is 18.2 Å². The lowest BCUT2D eigenvalue weighted by Crippen LogP contribution is -2.28. The molecule has 0 spiro atoms. The predicted molar refractivity (Wildman–Crippen MR) is 88.9 cm³/mol. The molecule has 0 unspecified atom stereocenters. The van der Waals surface area contributed by atoms with Crippen LogP contribution in [-0.2, 0) is 13.5 Å². The molecule has 0 bridgehead atoms. The van der Waals surface area contributed by atoms with Gasteiger partial charge < -0.3 is 10.5 Å². The molecule has 1 heterocycles. The second kappa shape index (κ2) is 5.64. The zero-order chi connectivity index (χ0) is 16.6. The maximum Gasteiger partial charge on any atom is 0.335 e. The van der Waals surface area contributed by atoms with Crippen LogP contribution >= 0.6 is 0 Å². The SMILES string of the molecule is COc1ccccc1CC(=O)n1c(=O)n(C)c2ccc(N)cc21. The molecule has 2 N–H and O–H groups in total. The topological polar surface area (TPSA) is 79.2 Å². The van der Waals surface area contributed by atoms with Crippen molar-refractivity contribution in [3.05, 3.63) is 58.5 Å². The monoisotopic (exact) mass is 311 g/mol. The first-order valence-corrected chi connectivity index (χ1v) is 7.15. The number of benzene rings is 2. The van der Waals surface area contributed by atoms with Crippen LogP contribution in [0.2, 0.25) is 0 Å². The molecule has 0 aliphatic rings. The summed E-state index contributed by atoms with van der Waals surface area (Å²) in [4.78, 5) is 25.1. The molecule has 2 aromatic carbocycles. The van der Waals surface area contributed by atoms with Crippen molar-refractivity contribution in [3.8, 4) is 5.75 Å². The third kappa shape index (κ3) is 2.48. The maximum atomic E-state index is 12.7. The van der Waals surface area contributed by atoms with Gasteiger partial charge in [-0.05, 0) is 24.3 Å². The van der Waals surface area contributed by atoms with Crippen LogP contribution in [-0.4, -0.2) is 22.2 Å². The quantitative estimate of drug-likeness (QED) is 0.748. The van der Waals surface area contributed by atoms with Gasteiger partial charge in [-0.2, -0.15) is 0 Å². The van der Waals surface area contributed by atoms with Gasteiger partial charge in [0.25, 0.3) is 0 Å². The Labute approximate surface area is 132 Å². The van der Waals surface area contributed by atoms with E-state index in [4.69, 9.17) is 10.5 Å². The van der Waals surface area contributed by atoms with Crippen molar-refractivity contribution in [1.82, 2.24) is 9.13 Å². The van der Waals surface area contributed by atoms with Gasteiger partial charge in [0.2, 0.25) is 5.91 Å². The summed E-state index contributed by atoms with van der Waals surface area (Å²) in [5, 5.41) is 0. The van der Waals surface area contributed by atoms with Gasteiger partial charge >= 0.3 is 5.69 Å². The largest absolute Gasteiger partial charge is 0.496 e. The summed E-state index contributed by atoms with van der Waals surface area (Å²) in [6.45, 7) is 0. The highest BCUT2D eigenvalue weighted by atomic mass is 16.5. The Morgan fingerprint density at radius 1 is 1.17 bits per heavy atom. The number of hydrogen-bond acceptors (Lipinski definition) is 4. The van der Waals surface area contributed by atoms with Crippen molar-refractivity contribution >= 4 is 22.6 Å². The maximum absolute atomic E-state index is 12.7. The first kappa shape index (κ1) is 14.9. The number of aromatic nitrogens is 2. The second-order valence-corrected chi connectivity index (χ2v) is 5.31. The van der Waals surface area contributed by atoms with Crippen molar-refractivity contribution in [2.75, 3.05) is 12.8 Å². The van der Waals surface area contributed by atoms with Crippen LogP contribution in [0.4, 0.5) is 5.69 Å². The minimum atomic E-state index is -0.384. The number of carbonyl (C=O) groups excluding carboxylic acids is 1. The van der Waals surface area contributed by atoms with Crippen LogP contribution in [0.15, 0.2) is 47.3 Å². The van der Waals surface area contributed by atoms with E-state index in [1.54, 1.807) is 44.5 Å². The molecule has 3 aromatic rings. The molecule has 6 heteroatoms. The number of para-hydroxylation sites is 1. The standard InChI is InChI=1S/C17H17N3O3/c1-19-13-8-7-12(18)10-14(13)20(17(19)22)16(21)9-11-5-3-4-6-15(11)23-2/h3-8,10H,9,18H2,1-2H3. The minimum absolute atomic E-state index is 0.0673. The number of methoxy groups -OCH3 is 1. The molecule has 0 aliphatic heterocycles. The molecule has 0 fully saturated rings. The Morgan fingerprint density at radius 3 is 2.65 bits per heavy atom. The van der Waals surface area contributed by atoms with E-state index in [1.165, 1.54) is 4.57 Å². The fourth-order valence-corrected chi connectivity index (χ4v) is 2.69. The van der Waals surface area contributed by atoms with Gasteiger partial charge in [0.15, 0.2) is 0 Å². The van der Waals surface area contributed by atoms with Gasteiger partial charge in [-0.25, -0.2) is 9.36 Å². The van der Waals surface area contributed by atoms with E-state index in [-0.39, 0.29) is 18.0 Å². The average molecular weight is 311 g/mol. The Balaban J connectivity index is 2.10. The first-order chi connectivity index (χ1) is 11.0. The number of nitrogen functional groups attached to an aromatic ring is 1. The van der Waals surface area contributed by atoms with Gasteiger partial charge in [-0.3, -0.25) is 9.36 Å². The van der Waals surface area contributed by atoms with E-state index in [0.717, 1.165) is 10.1 Å². The zero-order valence-corrected chi connectivity index (χ0v) is 12.9. The van der Waals surface area contributed by atoms with Gasteiger partial charge in [0.1, 0.15) is 5.75 Å². The third-order valence-corrected chi connectivity index (χ3v) is 3.86. The number of aryl methyl sites for hydroxylation is 1. The van der Waals surface area contributed by atoms with Crippen LogP contribution in [0.25, 0.3) is 11.0 Å². The number of anilines is 1. The average Bonchev–Trinajstić information content (AvgIpc) is 2.78. The minimum Gasteiger partial charge on any atom is -0.496 e. The highest BCUT2D eigenvalue weighted by Gasteiger charge is 2.18. The van der Waals surface area contributed by atoms with E-state index in [0.29, 0.717) is 22.5 Å². The number of carbonyl (C=O) groups is 1. The summed E-state index contributed by atoms with van der Waals surface area (Å²) >= 11 is 0. The molecule has 3 rings (SSSR count). The van der Waals surface area contributed by atoms with Crippen molar-refractivity contribution in [1.29, 1.82) is 0 Å². The lowest BCUT2D eigenvalue weighted by atomic mass is 10.1. The van der Waals surface area contributed by atoms with Gasteiger partial charge in [-0.15, -0.1) is 0 Å². The number of ether oxygens (including phenoxy) is 1. The van der Waals surface area contributed by atoms with E-state index >= 15 is 0 Å². The number of rotatable bonds is 3. The Bertz CT molecular complexity index is 953. The zero-order valence-electron chi connectivity index (χ0n) is 12.9. The molecule has 0 radical (unpaired) electrons. The van der Waals surface area contributed by atoms with Crippen LogP contribution in [0, 0.1) is 0 Å². The summed E-state index contributed by atoms with van der Waals surface area (Å²) in [5.74, 6) is 0.296. The number of nitrogens with two attached hydrogens (primary N) is 1. The summed E-state index contributed by atoms with van der Waals surface area (Å²) in [7, 11) is 3.18. The highest BCUT2D eigenvalue weighted by Crippen LogP contribution is 2.20. The number of nitrogens with zero attached hydrogens (tertiary/aromatic N) is 2. The van der Waals surface area contributed by atoms with E-state index in [2.05, 4.69) is 0 Å². The van der Waals surface area contributed by atoms with Crippen molar-refractivity contribution in [2.45, 2.75) is 6.42 Å². The van der Waals surface area contributed by atoms with Crippen LogP contribution < -0.4 is 16.2 Å². The first-order valence-electron chi connectivity index (χ1n) is 7.15. The fourth-order valence-electron chi connectivity index (χ4n) is 2.69. The van der Waals surface area contributed by atoms with E-state index < -0.39 is 0 Å². The van der Waals surface area contributed by atoms with Crippen LogP contribution in [0.3, 0.4) is 0 Å². The number of imidazole rings is 1. The number of hydrogen-bond donors (Lipinski definition) is 1. The molecule has 118 valence electrons. The molecule has 0 saturated heterocycles. The molecule has 1 aromatic heterocycles. The Kier molecular flexibility index (Phi) is 3.65. The Morgan fingerprint density at radius 2 is 1.91 bits per heavy atom. The fraction of sp³-hybridized carbons (Fsp3) is 0.176. The molecule has 0 aliphatic carbocycles. The predicted octanol–water partition coefficient (Wildman–Crippen LogP) is 1.81. The molecule has 0 saturated carbocycles. The highest BCUT2D eigenvalue weighted by molar-refractivity contribution is 5.93. The van der Waals surface area contributed by atoms with Crippen molar-refractivity contribution in [3.63, 3.8) is 0 Å². The molecule has 0 amide bonds. The van der Waals surface area contributed by atoms with E-state index in [1.807, 2.05) is 12.1 Å². The molecule has 0 atom stereocenters. The number of fused-ring (bicyclic) bond motifs is 1. The molecular formula is C17H17N3O3. The summed E-state index contributed by atoms with van der Waals surface area (Å²) < 4.78 is 7.86. The van der Waals surface area contributed by atoms with E-state index in [9.17, 15) is 9.59 Å². The summed E-state index contributed by atoms with van der Waals surface area (Å²) in [6.07, 6.45) is 0.0673.